The molecule has 0 bridgehead atoms. The number of carbonyl (C=O) groups is 1. The number of carbonyl (C=O) groups excluding carboxylic acids is 1. The molecule has 2 aromatic carbocycles. The molecule has 1 aliphatic heterocycles. The maximum Gasteiger partial charge on any atom is 0.416 e. The quantitative estimate of drug-likeness (QED) is 0.525. The molecule has 158 valence electrons. The Hall–Kier alpha value is -2.45. The van der Waals surface area contributed by atoms with Gasteiger partial charge in [0.15, 0.2) is 5.13 Å². The number of amides is 1. The average molecular weight is 434 g/mol. The third kappa shape index (κ3) is 4.20. The van der Waals surface area contributed by atoms with Crippen LogP contribution < -0.4 is 4.90 Å². The molecule has 1 aliphatic rings. The maximum atomic E-state index is 13.3. The molecule has 0 radical (unpaired) electrons. The van der Waals surface area contributed by atoms with Crippen LogP contribution >= 0.6 is 11.3 Å². The monoisotopic (exact) mass is 434 g/mol. The minimum absolute atomic E-state index is 0.0185. The average Bonchev–Trinajstić information content (AvgIpc) is 3.34. The highest BCUT2D eigenvalue weighted by Gasteiger charge is 2.32. The van der Waals surface area contributed by atoms with Crippen LogP contribution in [0.4, 0.5) is 18.3 Å². The Morgan fingerprint density at radius 1 is 1.27 bits per heavy atom. The van der Waals surface area contributed by atoms with E-state index in [9.17, 15) is 18.0 Å². The second-order valence-electron chi connectivity index (χ2n) is 7.56. The number of aromatic nitrogens is 1. The number of hydrogen-bond acceptors (Lipinski definition) is 4. The molecular weight excluding hydrogens is 413 g/mol. The van der Waals surface area contributed by atoms with Crippen LogP contribution in [0.2, 0.25) is 0 Å². The number of nitrogens with zero attached hydrogens (tertiary/aromatic N) is 2. The molecule has 1 aromatic heterocycles. The van der Waals surface area contributed by atoms with Crippen molar-refractivity contribution in [3.63, 3.8) is 0 Å². The summed E-state index contributed by atoms with van der Waals surface area (Å²) in [4.78, 5) is 19.4. The Morgan fingerprint density at radius 3 is 2.77 bits per heavy atom. The van der Waals surface area contributed by atoms with Gasteiger partial charge in [0, 0.05) is 12.2 Å². The van der Waals surface area contributed by atoms with Crippen molar-refractivity contribution in [1.29, 1.82) is 0 Å². The van der Waals surface area contributed by atoms with Crippen LogP contribution in [0.15, 0.2) is 36.4 Å². The SMILES string of the molecule is Cc1cc(C)c2sc(N(CC3CCCO3)C(=O)c3cccc(C(F)(F)F)c3)nc2c1. The van der Waals surface area contributed by atoms with E-state index in [0.29, 0.717) is 11.7 Å². The molecule has 0 aliphatic carbocycles. The highest BCUT2D eigenvalue weighted by molar-refractivity contribution is 7.22. The molecule has 1 atom stereocenters. The molecule has 4 nitrogen and oxygen atoms in total. The van der Waals surface area contributed by atoms with Gasteiger partial charge in [-0.15, -0.1) is 0 Å². The molecule has 30 heavy (non-hydrogen) atoms. The van der Waals surface area contributed by atoms with Crippen LogP contribution in [-0.4, -0.2) is 30.1 Å². The summed E-state index contributed by atoms with van der Waals surface area (Å²) >= 11 is 1.37. The number of anilines is 1. The van der Waals surface area contributed by atoms with Crippen molar-refractivity contribution in [3.05, 3.63) is 58.7 Å². The molecule has 1 amide bonds. The van der Waals surface area contributed by atoms with Crippen LogP contribution in [0, 0.1) is 13.8 Å². The number of hydrogen-bond donors (Lipinski definition) is 0. The summed E-state index contributed by atoms with van der Waals surface area (Å²) in [7, 11) is 0. The summed E-state index contributed by atoms with van der Waals surface area (Å²) in [5, 5.41) is 0.469. The number of rotatable bonds is 4. The third-order valence-electron chi connectivity index (χ3n) is 5.13. The summed E-state index contributed by atoms with van der Waals surface area (Å²) in [6.07, 6.45) is -2.97. The van der Waals surface area contributed by atoms with Gasteiger partial charge in [-0.25, -0.2) is 4.98 Å². The molecule has 3 aromatic rings. The molecule has 8 heteroatoms. The van der Waals surface area contributed by atoms with E-state index in [1.807, 2.05) is 26.0 Å². The number of thiazole rings is 1. The highest BCUT2D eigenvalue weighted by atomic mass is 32.1. The molecule has 0 N–H and O–H groups in total. The van der Waals surface area contributed by atoms with Gasteiger partial charge in [0.25, 0.3) is 5.91 Å². The molecule has 0 spiro atoms. The van der Waals surface area contributed by atoms with Crippen molar-refractivity contribution < 1.29 is 22.7 Å². The Morgan fingerprint density at radius 2 is 2.07 bits per heavy atom. The number of aryl methyl sites for hydroxylation is 2. The lowest BCUT2D eigenvalue weighted by molar-refractivity contribution is -0.137. The fraction of sp³-hybridized carbons (Fsp3) is 0.364. The van der Waals surface area contributed by atoms with Crippen molar-refractivity contribution in [3.8, 4) is 0 Å². The first-order chi connectivity index (χ1) is 14.2. The molecule has 1 fully saturated rings. The number of halogens is 3. The number of benzene rings is 2. The van der Waals surface area contributed by atoms with Crippen molar-refractivity contribution in [2.24, 2.45) is 0 Å². The van der Waals surface area contributed by atoms with E-state index in [2.05, 4.69) is 4.98 Å². The van der Waals surface area contributed by atoms with E-state index in [1.54, 1.807) is 0 Å². The van der Waals surface area contributed by atoms with Crippen LogP contribution in [-0.2, 0) is 10.9 Å². The Bertz CT molecular complexity index is 1090. The number of ether oxygens (including phenoxy) is 1. The standard InChI is InChI=1S/C22H21F3N2O2S/c1-13-9-14(2)19-18(10-13)26-21(30-19)27(12-17-7-4-8-29-17)20(28)15-5-3-6-16(11-15)22(23,24)25/h3,5-6,9-11,17H,4,7-8,12H2,1-2H3. The fourth-order valence-electron chi connectivity index (χ4n) is 3.70. The topological polar surface area (TPSA) is 42.4 Å². The first-order valence-corrected chi connectivity index (χ1v) is 10.5. The molecule has 1 unspecified atom stereocenters. The zero-order valence-corrected chi connectivity index (χ0v) is 17.4. The van der Waals surface area contributed by atoms with Gasteiger partial charge in [-0.3, -0.25) is 9.69 Å². The maximum absolute atomic E-state index is 13.3. The molecular formula is C22H21F3N2O2S. The van der Waals surface area contributed by atoms with Gasteiger partial charge in [0.05, 0.1) is 28.4 Å². The first-order valence-electron chi connectivity index (χ1n) is 9.71. The minimum Gasteiger partial charge on any atom is -0.376 e. The van der Waals surface area contributed by atoms with Gasteiger partial charge in [-0.1, -0.05) is 23.5 Å². The van der Waals surface area contributed by atoms with E-state index in [0.717, 1.165) is 46.3 Å². The summed E-state index contributed by atoms with van der Waals surface area (Å²) < 4.78 is 46.1. The summed E-state index contributed by atoms with van der Waals surface area (Å²) in [5.74, 6) is -0.509. The van der Waals surface area contributed by atoms with Gasteiger partial charge in [-0.2, -0.15) is 13.2 Å². The van der Waals surface area contributed by atoms with Crippen LogP contribution in [0.25, 0.3) is 10.2 Å². The highest BCUT2D eigenvalue weighted by Crippen LogP contribution is 2.34. The minimum atomic E-state index is -4.51. The Labute approximate surface area is 176 Å². The third-order valence-corrected chi connectivity index (χ3v) is 6.36. The van der Waals surface area contributed by atoms with E-state index < -0.39 is 17.6 Å². The van der Waals surface area contributed by atoms with Crippen LogP contribution in [0.5, 0.6) is 0 Å². The summed E-state index contributed by atoms with van der Waals surface area (Å²) in [6, 6.07) is 8.51. The van der Waals surface area contributed by atoms with E-state index in [4.69, 9.17) is 4.74 Å². The van der Waals surface area contributed by atoms with Gasteiger partial charge < -0.3 is 4.74 Å². The molecule has 0 saturated carbocycles. The van der Waals surface area contributed by atoms with Crippen molar-refractivity contribution in [2.45, 2.75) is 39.0 Å². The lowest BCUT2D eigenvalue weighted by Crippen LogP contribution is -2.37. The van der Waals surface area contributed by atoms with Gasteiger partial charge in [0.2, 0.25) is 0 Å². The van der Waals surface area contributed by atoms with Gasteiger partial charge in [0.1, 0.15) is 0 Å². The normalized spacial score (nSPS) is 16.9. The van der Waals surface area contributed by atoms with Gasteiger partial charge in [-0.05, 0) is 62.1 Å². The Balaban J connectivity index is 1.75. The Kier molecular flexibility index (Phi) is 5.55. The van der Waals surface area contributed by atoms with E-state index >= 15 is 0 Å². The molecule has 4 rings (SSSR count). The smallest absolute Gasteiger partial charge is 0.376 e. The van der Waals surface area contributed by atoms with Crippen molar-refractivity contribution >= 4 is 32.6 Å². The zero-order chi connectivity index (χ0) is 21.5. The fourth-order valence-corrected chi connectivity index (χ4v) is 4.73. The summed E-state index contributed by atoms with van der Waals surface area (Å²) in [5.41, 5.74) is 2.03. The zero-order valence-electron chi connectivity index (χ0n) is 16.6. The lowest BCUT2D eigenvalue weighted by atomic mass is 10.1. The molecule has 2 heterocycles. The second kappa shape index (κ2) is 8.00. The summed E-state index contributed by atoms with van der Waals surface area (Å²) in [6.45, 7) is 4.83. The predicted octanol–water partition coefficient (Wildman–Crippen LogP) is 5.76. The predicted molar refractivity (Wildman–Crippen MR) is 111 cm³/mol. The number of fused-ring (bicyclic) bond motifs is 1. The van der Waals surface area contributed by atoms with Gasteiger partial charge >= 0.3 is 6.18 Å². The van der Waals surface area contributed by atoms with E-state index in [-0.39, 0.29) is 18.2 Å². The first kappa shape index (κ1) is 20.8. The van der Waals surface area contributed by atoms with Crippen LogP contribution in [0.1, 0.15) is 39.9 Å². The molecule has 1 saturated heterocycles. The van der Waals surface area contributed by atoms with E-state index in [1.165, 1.54) is 28.4 Å². The largest absolute Gasteiger partial charge is 0.416 e. The second-order valence-corrected chi connectivity index (χ2v) is 8.53. The van der Waals surface area contributed by atoms with Crippen molar-refractivity contribution in [1.82, 2.24) is 4.98 Å². The van der Waals surface area contributed by atoms with Crippen LogP contribution in [0.3, 0.4) is 0 Å². The number of alkyl halides is 3. The van der Waals surface area contributed by atoms with Crippen molar-refractivity contribution in [2.75, 3.05) is 18.1 Å². The lowest BCUT2D eigenvalue weighted by Gasteiger charge is -2.23.